The van der Waals surface area contributed by atoms with E-state index in [2.05, 4.69) is 48.6 Å². The van der Waals surface area contributed by atoms with E-state index in [4.69, 9.17) is 4.74 Å². The quantitative estimate of drug-likeness (QED) is 0.627. The molecular weight excluding hydrogens is 412 g/mol. The third-order valence-electron chi connectivity index (χ3n) is 6.21. The fraction of sp³-hybridized carbons (Fsp3) is 0.286. The van der Waals surface area contributed by atoms with Gasteiger partial charge in [0, 0.05) is 19.6 Å². The number of nitrogens with one attached hydrogen (secondary N) is 1. The smallest absolute Gasteiger partial charge is 0.227 e. The Labute approximate surface area is 195 Å². The molecule has 0 spiro atoms. The summed E-state index contributed by atoms with van der Waals surface area (Å²) in [6.07, 6.45) is 0.896. The predicted molar refractivity (Wildman–Crippen MR) is 130 cm³/mol. The van der Waals surface area contributed by atoms with Gasteiger partial charge in [-0.3, -0.25) is 9.59 Å². The first-order valence-corrected chi connectivity index (χ1v) is 11.4. The van der Waals surface area contributed by atoms with E-state index in [-0.39, 0.29) is 17.7 Å². The predicted octanol–water partition coefficient (Wildman–Crippen LogP) is 4.03. The van der Waals surface area contributed by atoms with Crippen LogP contribution in [0.15, 0.2) is 72.8 Å². The molecule has 5 nitrogen and oxygen atoms in total. The Balaban J connectivity index is 1.50. The lowest BCUT2D eigenvalue weighted by molar-refractivity contribution is -0.131. The highest BCUT2D eigenvalue weighted by molar-refractivity contribution is 5.83. The molecule has 1 N–H and O–H groups in total. The number of carbonyl (C=O) groups excluding carboxylic acids is 2. The lowest BCUT2D eigenvalue weighted by Crippen LogP contribution is -2.38. The molecule has 0 radical (unpaired) electrons. The largest absolute Gasteiger partial charge is 0.497 e. The zero-order chi connectivity index (χ0) is 23.2. The standard InChI is InChI=1S/C28H30N2O3/c1-20-7-11-22(12-8-20)26-6-4-3-5-23(26)18-24-19-30(16-15-29-28(24)32)27(31)17-21-9-13-25(33-2)14-10-21/h3-14,24H,15-19H2,1-2H3,(H,29,32). The van der Waals surface area contributed by atoms with Crippen LogP contribution in [0.4, 0.5) is 0 Å². The molecule has 1 aliphatic heterocycles. The van der Waals surface area contributed by atoms with Crippen LogP contribution in [0.3, 0.4) is 0 Å². The van der Waals surface area contributed by atoms with Gasteiger partial charge in [0.25, 0.3) is 0 Å². The van der Waals surface area contributed by atoms with Crippen molar-refractivity contribution in [1.29, 1.82) is 0 Å². The highest BCUT2D eigenvalue weighted by Crippen LogP contribution is 2.27. The third kappa shape index (κ3) is 5.61. The number of benzene rings is 3. The van der Waals surface area contributed by atoms with Gasteiger partial charge in [0.2, 0.25) is 11.8 Å². The summed E-state index contributed by atoms with van der Waals surface area (Å²) >= 11 is 0. The second-order valence-electron chi connectivity index (χ2n) is 8.58. The minimum Gasteiger partial charge on any atom is -0.497 e. The van der Waals surface area contributed by atoms with Crippen LogP contribution in [-0.4, -0.2) is 43.5 Å². The number of rotatable bonds is 6. The van der Waals surface area contributed by atoms with Gasteiger partial charge >= 0.3 is 0 Å². The van der Waals surface area contributed by atoms with Crippen LogP contribution >= 0.6 is 0 Å². The van der Waals surface area contributed by atoms with Crippen LogP contribution in [0.2, 0.25) is 0 Å². The Bertz CT molecular complexity index is 1110. The maximum absolute atomic E-state index is 13.1. The third-order valence-corrected chi connectivity index (χ3v) is 6.21. The number of carbonyl (C=O) groups is 2. The number of aryl methyl sites for hydroxylation is 1. The Kier molecular flexibility index (Phi) is 7.08. The molecule has 0 aliphatic carbocycles. The average molecular weight is 443 g/mol. The topological polar surface area (TPSA) is 58.6 Å². The second-order valence-corrected chi connectivity index (χ2v) is 8.58. The van der Waals surface area contributed by atoms with Crippen molar-refractivity contribution in [2.75, 3.05) is 26.7 Å². The minimum absolute atomic E-state index is 0.00783. The van der Waals surface area contributed by atoms with E-state index in [1.165, 1.54) is 5.56 Å². The first-order chi connectivity index (χ1) is 16.0. The van der Waals surface area contributed by atoms with Gasteiger partial charge in [0.05, 0.1) is 19.4 Å². The summed E-state index contributed by atoms with van der Waals surface area (Å²) in [4.78, 5) is 27.7. The lowest BCUT2D eigenvalue weighted by Gasteiger charge is -2.24. The Morgan fingerprint density at radius 3 is 2.48 bits per heavy atom. The number of ether oxygens (including phenoxy) is 1. The molecule has 1 unspecified atom stereocenters. The summed E-state index contributed by atoms with van der Waals surface area (Å²) in [5.41, 5.74) is 5.53. The van der Waals surface area contributed by atoms with Crippen molar-refractivity contribution in [2.45, 2.75) is 19.8 Å². The first-order valence-electron chi connectivity index (χ1n) is 11.4. The maximum atomic E-state index is 13.1. The molecule has 1 saturated heterocycles. The van der Waals surface area contributed by atoms with Gasteiger partial charge in [0.1, 0.15) is 5.75 Å². The number of hydrogen-bond acceptors (Lipinski definition) is 3. The van der Waals surface area contributed by atoms with Crippen LogP contribution in [0.5, 0.6) is 5.75 Å². The van der Waals surface area contributed by atoms with E-state index in [0.29, 0.717) is 32.5 Å². The summed E-state index contributed by atoms with van der Waals surface area (Å²) in [6.45, 7) is 3.49. The normalized spacial score (nSPS) is 16.1. The molecule has 1 atom stereocenters. The molecule has 4 rings (SSSR count). The van der Waals surface area contributed by atoms with Crippen LogP contribution in [0.25, 0.3) is 11.1 Å². The van der Waals surface area contributed by atoms with Crippen molar-refractivity contribution < 1.29 is 14.3 Å². The lowest BCUT2D eigenvalue weighted by atomic mass is 9.91. The molecule has 1 fully saturated rings. The van der Waals surface area contributed by atoms with Crippen LogP contribution < -0.4 is 10.1 Å². The molecule has 3 aromatic rings. The van der Waals surface area contributed by atoms with Crippen molar-refractivity contribution in [3.63, 3.8) is 0 Å². The monoisotopic (exact) mass is 442 g/mol. The van der Waals surface area contributed by atoms with E-state index in [9.17, 15) is 9.59 Å². The summed E-state index contributed by atoms with van der Waals surface area (Å²) < 4.78 is 5.20. The van der Waals surface area contributed by atoms with E-state index in [1.54, 1.807) is 7.11 Å². The Hall–Kier alpha value is -3.60. The zero-order valence-corrected chi connectivity index (χ0v) is 19.2. The highest BCUT2D eigenvalue weighted by Gasteiger charge is 2.28. The van der Waals surface area contributed by atoms with E-state index in [0.717, 1.165) is 28.0 Å². The Morgan fingerprint density at radius 2 is 1.76 bits per heavy atom. The molecule has 5 heteroatoms. The summed E-state index contributed by atoms with van der Waals surface area (Å²) in [5, 5.41) is 3.00. The number of methoxy groups -OCH3 is 1. The Morgan fingerprint density at radius 1 is 1.03 bits per heavy atom. The van der Waals surface area contributed by atoms with Gasteiger partial charge < -0.3 is 15.0 Å². The van der Waals surface area contributed by atoms with Gasteiger partial charge in [-0.2, -0.15) is 0 Å². The molecule has 170 valence electrons. The fourth-order valence-corrected chi connectivity index (χ4v) is 4.29. The molecule has 2 amide bonds. The maximum Gasteiger partial charge on any atom is 0.227 e. The number of nitrogens with zero attached hydrogens (tertiary/aromatic N) is 1. The van der Waals surface area contributed by atoms with Gasteiger partial charge in [-0.15, -0.1) is 0 Å². The van der Waals surface area contributed by atoms with E-state index < -0.39 is 0 Å². The van der Waals surface area contributed by atoms with Crippen molar-refractivity contribution >= 4 is 11.8 Å². The van der Waals surface area contributed by atoms with Crippen LogP contribution in [-0.2, 0) is 22.4 Å². The zero-order valence-electron chi connectivity index (χ0n) is 19.2. The molecular formula is C28H30N2O3. The second kappa shape index (κ2) is 10.3. The van der Waals surface area contributed by atoms with Crippen molar-refractivity contribution in [3.8, 4) is 16.9 Å². The molecule has 1 aliphatic rings. The van der Waals surface area contributed by atoms with Crippen LogP contribution in [0, 0.1) is 12.8 Å². The molecule has 3 aromatic carbocycles. The highest BCUT2D eigenvalue weighted by atomic mass is 16.5. The number of amides is 2. The van der Waals surface area contributed by atoms with E-state index in [1.807, 2.05) is 41.3 Å². The average Bonchev–Trinajstić information content (AvgIpc) is 3.02. The minimum atomic E-state index is -0.293. The van der Waals surface area contributed by atoms with Gasteiger partial charge in [-0.25, -0.2) is 0 Å². The summed E-state index contributed by atoms with van der Waals surface area (Å²) in [6, 6.07) is 24.2. The number of hydrogen-bond donors (Lipinski definition) is 1. The molecule has 0 aromatic heterocycles. The molecule has 0 saturated carbocycles. The summed E-state index contributed by atoms with van der Waals surface area (Å²) in [5.74, 6) is 0.518. The molecule has 1 heterocycles. The van der Waals surface area contributed by atoms with Gasteiger partial charge in [-0.1, -0.05) is 66.2 Å². The van der Waals surface area contributed by atoms with Crippen molar-refractivity contribution in [2.24, 2.45) is 5.92 Å². The first kappa shape index (κ1) is 22.6. The molecule has 0 bridgehead atoms. The van der Waals surface area contributed by atoms with Gasteiger partial charge in [0.15, 0.2) is 0 Å². The summed E-state index contributed by atoms with van der Waals surface area (Å²) in [7, 11) is 1.62. The van der Waals surface area contributed by atoms with Crippen molar-refractivity contribution in [1.82, 2.24) is 10.2 Å². The van der Waals surface area contributed by atoms with Crippen molar-refractivity contribution in [3.05, 3.63) is 89.5 Å². The fourth-order valence-electron chi connectivity index (χ4n) is 4.29. The van der Waals surface area contributed by atoms with Gasteiger partial charge in [-0.05, 0) is 47.7 Å². The van der Waals surface area contributed by atoms with E-state index >= 15 is 0 Å². The molecule has 33 heavy (non-hydrogen) atoms. The SMILES string of the molecule is COc1ccc(CC(=O)N2CCNC(=O)C(Cc3ccccc3-c3ccc(C)cc3)C2)cc1. The van der Waals surface area contributed by atoms with Crippen LogP contribution in [0.1, 0.15) is 16.7 Å².